The van der Waals surface area contributed by atoms with E-state index >= 15 is 0 Å². The quantitative estimate of drug-likeness (QED) is 0.693. The second-order valence-electron chi connectivity index (χ2n) is 8.64. The largest absolute Gasteiger partial charge is 0.489 e. The van der Waals surface area contributed by atoms with Crippen LogP contribution in [0.3, 0.4) is 0 Å². The summed E-state index contributed by atoms with van der Waals surface area (Å²) >= 11 is 6.63. The molecule has 0 bridgehead atoms. The molecule has 0 N–H and O–H groups in total. The van der Waals surface area contributed by atoms with Gasteiger partial charge in [0.15, 0.2) is 0 Å². The zero-order valence-electron chi connectivity index (χ0n) is 16.3. The molecule has 4 nitrogen and oxygen atoms in total. The summed E-state index contributed by atoms with van der Waals surface area (Å²) in [4.78, 5) is 16.7. The predicted molar refractivity (Wildman–Crippen MR) is 108 cm³/mol. The minimum Gasteiger partial charge on any atom is -0.489 e. The van der Waals surface area contributed by atoms with E-state index in [9.17, 15) is 4.79 Å². The standard InChI is InChI=1S/C22H31ClN2O2/c1-24(22(26)17-6-4-7-17)14-16-12-19(13-16)27-20-9-5-8-18(21(20)23)15-25-10-2-3-11-25/h5,8-9,16-17,19H,2-4,6-7,10-15H2,1H3. The number of likely N-dealkylation sites (tertiary alicyclic amines) is 1. The molecule has 27 heavy (non-hydrogen) atoms. The Labute approximate surface area is 167 Å². The fourth-order valence-corrected chi connectivity index (χ4v) is 4.72. The van der Waals surface area contributed by atoms with Gasteiger partial charge in [0.05, 0.1) is 11.1 Å². The highest BCUT2D eigenvalue weighted by atomic mass is 35.5. The number of carbonyl (C=O) groups is 1. The molecule has 1 aliphatic heterocycles. The van der Waals surface area contributed by atoms with Gasteiger partial charge in [-0.1, -0.05) is 30.2 Å². The zero-order chi connectivity index (χ0) is 18.8. The Bertz CT molecular complexity index is 664. The van der Waals surface area contributed by atoms with Crippen LogP contribution in [0.4, 0.5) is 0 Å². The van der Waals surface area contributed by atoms with Gasteiger partial charge in [0.25, 0.3) is 0 Å². The average molecular weight is 391 g/mol. The Balaban J connectivity index is 1.25. The fourth-order valence-electron chi connectivity index (χ4n) is 4.49. The number of rotatable bonds is 7. The number of amides is 1. The Morgan fingerprint density at radius 3 is 2.63 bits per heavy atom. The molecule has 5 heteroatoms. The number of halogens is 1. The molecule has 3 fully saturated rings. The maximum atomic E-state index is 12.3. The van der Waals surface area contributed by atoms with Crippen LogP contribution in [0.2, 0.25) is 5.02 Å². The van der Waals surface area contributed by atoms with Crippen molar-refractivity contribution in [2.75, 3.05) is 26.7 Å². The summed E-state index contributed by atoms with van der Waals surface area (Å²) in [6.45, 7) is 4.10. The van der Waals surface area contributed by atoms with Gasteiger partial charge in [-0.05, 0) is 69.2 Å². The van der Waals surface area contributed by atoms with Gasteiger partial charge in [0.2, 0.25) is 5.91 Å². The van der Waals surface area contributed by atoms with Gasteiger partial charge >= 0.3 is 0 Å². The van der Waals surface area contributed by atoms with E-state index in [1.54, 1.807) is 0 Å². The SMILES string of the molecule is CN(CC1CC(Oc2cccc(CN3CCCC3)c2Cl)C1)C(=O)C1CCC1. The molecule has 1 amide bonds. The minimum absolute atomic E-state index is 0.224. The van der Waals surface area contributed by atoms with Gasteiger partial charge in [0.1, 0.15) is 5.75 Å². The van der Waals surface area contributed by atoms with E-state index in [1.165, 1.54) is 32.4 Å². The molecule has 1 heterocycles. The van der Waals surface area contributed by atoms with Crippen molar-refractivity contribution in [3.63, 3.8) is 0 Å². The lowest BCUT2D eigenvalue weighted by Gasteiger charge is -2.39. The molecule has 0 aromatic heterocycles. The van der Waals surface area contributed by atoms with Crippen LogP contribution in [-0.4, -0.2) is 48.5 Å². The van der Waals surface area contributed by atoms with Crippen molar-refractivity contribution in [1.29, 1.82) is 0 Å². The summed E-state index contributed by atoms with van der Waals surface area (Å²) in [5.41, 5.74) is 1.16. The number of hydrogen-bond acceptors (Lipinski definition) is 3. The summed E-state index contributed by atoms with van der Waals surface area (Å²) in [5.74, 6) is 1.99. The molecule has 148 valence electrons. The predicted octanol–water partition coefficient (Wildman–Crippen LogP) is 4.35. The van der Waals surface area contributed by atoms with Gasteiger partial charge < -0.3 is 9.64 Å². The topological polar surface area (TPSA) is 32.8 Å². The van der Waals surface area contributed by atoms with Crippen LogP contribution in [0.5, 0.6) is 5.75 Å². The molecule has 0 spiro atoms. The molecule has 1 aromatic carbocycles. The van der Waals surface area contributed by atoms with Gasteiger partial charge in [-0.3, -0.25) is 9.69 Å². The van der Waals surface area contributed by atoms with Crippen LogP contribution in [0.1, 0.15) is 50.5 Å². The van der Waals surface area contributed by atoms with E-state index in [2.05, 4.69) is 11.0 Å². The molecule has 1 saturated heterocycles. The third-order valence-corrected chi connectivity index (χ3v) is 6.91. The van der Waals surface area contributed by atoms with Crippen LogP contribution in [0.25, 0.3) is 0 Å². The third kappa shape index (κ3) is 4.43. The number of benzene rings is 1. The minimum atomic E-state index is 0.224. The van der Waals surface area contributed by atoms with E-state index < -0.39 is 0 Å². The molecule has 0 atom stereocenters. The van der Waals surface area contributed by atoms with Gasteiger partial charge in [-0.15, -0.1) is 0 Å². The smallest absolute Gasteiger partial charge is 0.225 e. The summed E-state index contributed by atoms with van der Waals surface area (Å²) in [5, 5.41) is 0.769. The molecule has 0 radical (unpaired) electrons. The number of nitrogens with zero attached hydrogens (tertiary/aromatic N) is 2. The molecule has 4 rings (SSSR count). The Morgan fingerprint density at radius 2 is 1.96 bits per heavy atom. The lowest BCUT2D eigenvalue weighted by atomic mass is 9.80. The van der Waals surface area contributed by atoms with Crippen molar-refractivity contribution >= 4 is 17.5 Å². The van der Waals surface area contributed by atoms with Crippen molar-refractivity contribution in [1.82, 2.24) is 9.80 Å². The summed E-state index contributed by atoms with van der Waals surface area (Å²) in [6, 6.07) is 6.14. The Kier molecular flexibility index (Phi) is 5.93. The van der Waals surface area contributed by atoms with E-state index in [-0.39, 0.29) is 6.10 Å². The molecule has 3 aliphatic rings. The van der Waals surface area contributed by atoms with E-state index in [1.807, 2.05) is 24.1 Å². The second-order valence-corrected chi connectivity index (χ2v) is 9.01. The summed E-state index contributed by atoms with van der Waals surface area (Å²) in [6.07, 6.45) is 8.17. The highest BCUT2D eigenvalue weighted by Crippen LogP contribution is 2.37. The highest BCUT2D eigenvalue weighted by Gasteiger charge is 2.35. The molecular formula is C22H31ClN2O2. The maximum absolute atomic E-state index is 12.3. The maximum Gasteiger partial charge on any atom is 0.225 e. The van der Waals surface area contributed by atoms with Crippen molar-refractivity contribution in [3.8, 4) is 5.75 Å². The van der Waals surface area contributed by atoms with Crippen molar-refractivity contribution in [3.05, 3.63) is 28.8 Å². The number of ether oxygens (including phenoxy) is 1. The Morgan fingerprint density at radius 1 is 1.22 bits per heavy atom. The molecule has 2 aliphatic carbocycles. The van der Waals surface area contributed by atoms with Crippen LogP contribution >= 0.6 is 11.6 Å². The molecule has 0 unspecified atom stereocenters. The van der Waals surface area contributed by atoms with Gasteiger partial charge in [-0.2, -0.15) is 0 Å². The molecular weight excluding hydrogens is 360 g/mol. The number of hydrogen-bond donors (Lipinski definition) is 0. The number of carbonyl (C=O) groups excluding carboxylic acids is 1. The van der Waals surface area contributed by atoms with Crippen LogP contribution < -0.4 is 4.74 Å². The Hall–Kier alpha value is -1.26. The lowest BCUT2D eigenvalue weighted by Crippen LogP contribution is -2.44. The molecule has 1 aromatic rings. The van der Waals surface area contributed by atoms with E-state index in [4.69, 9.17) is 16.3 Å². The monoisotopic (exact) mass is 390 g/mol. The first-order valence-corrected chi connectivity index (χ1v) is 10.9. The summed E-state index contributed by atoms with van der Waals surface area (Å²) < 4.78 is 6.18. The fraction of sp³-hybridized carbons (Fsp3) is 0.682. The van der Waals surface area contributed by atoms with Crippen molar-refractivity contribution < 1.29 is 9.53 Å². The first-order valence-electron chi connectivity index (χ1n) is 10.5. The third-order valence-electron chi connectivity index (χ3n) is 6.48. The zero-order valence-corrected chi connectivity index (χ0v) is 17.1. The normalized spacial score (nSPS) is 25.7. The first-order chi connectivity index (χ1) is 13.1. The van der Waals surface area contributed by atoms with Gasteiger partial charge in [0, 0.05) is 26.1 Å². The van der Waals surface area contributed by atoms with Crippen molar-refractivity contribution in [2.45, 2.75) is 57.6 Å². The average Bonchev–Trinajstić information content (AvgIpc) is 3.07. The lowest BCUT2D eigenvalue weighted by molar-refractivity contribution is -0.138. The van der Waals surface area contributed by atoms with Crippen LogP contribution in [0.15, 0.2) is 18.2 Å². The van der Waals surface area contributed by atoms with Crippen LogP contribution in [0, 0.1) is 11.8 Å². The highest BCUT2D eigenvalue weighted by molar-refractivity contribution is 6.32. The first kappa shape index (κ1) is 19.1. The van der Waals surface area contributed by atoms with Crippen LogP contribution in [-0.2, 0) is 11.3 Å². The van der Waals surface area contributed by atoms with E-state index in [0.29, 0.717) is 17.7 Å². The van der Waals surface area contributed by atoms with E-state index in [0.717, 1.165) is 55.1 Å². The molecule has 2 saturated carbocycles. The van der Waals surface area contributed by atoms with Crippen molar-refractivity contribution in [2.24, 2.45) is 11.8 Å². The van der Waals surface area contributed by atoms with Gasteiger partial charge in [-0.25, -0.2) is 0 Å². The second kappa shape index (κ2) is 8.40. The summed E-state index contributed by atoms with van der Waals surface area (Å²) in [7, 11) is 1.95.